The summed E-state index contributed by atoms with van der Waals surface area (Å²) in [4.78, 5) is 19.0. The second kappa shape index (κ2) is 8.89. The van der Waals surface area contributed by atoms with Crippen LogP contribution < -0.4 is 10.2 Å². The number of alkyl halides is 2. The molecular weight excluding hydrogens is 476 g/mol. The van der Waals surface area contributed by atoms with Crippen molar-refractivity contribution in [2.45, 2.75) is 32.2 Å². The standard InChI is InChI=1S/C29H29F2N3O3/c1-18-3-6-22(33-27(35)20-7-8-32-25(12-20)28(2,30)31)13-23(18)19-4-5-21-14-29(16-37-17-29)26-15-36-10-9-34(26)24(21)11-19/h3-8,11-13,26H,9-10,14-17H2,1-2H3,(H,33,35)/t26-/m0/s1. The van der Waals surface area contributed by atoms with Crippen molar-refractivity contribution >= 4 is 17.3 Å². The number of fused-ring (bicyclic) bond motifs is 4. The molecule has 2 fully saturated rings. The normalized spacial score (nSPS) is 20.1. The SMILES string of the molecule is Cc1ccc(NC(=O)c2ccnc(C(C)(F)F)c2)cc1-c1ccc2c(c1)N1CCOC[C@H]1C1(COC1)C2. The minimum Gasteiger partial charge on any atom is -0.380 e. The van der Waals surface area contributed by atoms with Crippen LogP contribution in [0.25, 0.3) is 11.1 Å². The molecule has 6 nitrogen and oxygen atoms in total. The van der Waals surface area contributed by atoms with Gasteiger partial charge in [-0.05, 0) is 65.9 Å². The van der Waals surface area contributed by atoms with E-state index in [0.29, 0.717) is 24.9 Å². The van der Waals surface area contributed by atoms with Gasteiger partial charge in [-0.3, -0.25) is 9.78 Å². The fraction of sp³-hybridized carbons (Fsp3) is 0.379. The largest absolute Gasteiger partial charge is 0.380 e. The Morgan fingerprint density at radius 2 is 1.97 bits per heavy atom. The van der Waals surface area contributed by atoms with Crippen molar-refractivity contribution in [2.24, 2.45) is 5.41 Å². The monoisotopic (exact) mass is 505 g/mol. The summed E-state index contributed by atoms with van der Waals surface area (Å²) in [5, 5.41) is 2.86. The molecular formula is C29H29F2N3O3. The van der Waals surface area contributed by atoms with Crippen molar-refractivity contribution in [3.63, 3.8) is 0 Å². The minimum absolute atomic E-state index is 0.129. The van der Waals surface area contributed by atoms with E-state index in [9.17, 15) is 13.6 Å². The number of morpholine rings is 1. The second-order valence-electron chi connectivity index (χ2n) is 10.5. The molecule has 0 radical (unpaired) electrons. The van der Waals surface area contributed by atoms with Crippen molar-refractivity contribution < 1.29 is 23.0 Å². The number of nitrogens with zero attached hydrogens (tertiary/aromatic N) is 2. The third-order valence-corrected chi connectivity index (χ3v) is 7.83. The summed E-state index contributed by atoms with van der Waals surface area (Å²) >= 11 is 0. The van der Waals surface area contributed by atoms with Gasteiger partial charge in [-0.15, -0.1) is 0 Å². The second-order valence-corrected chi connectivity index (χ2v) is 10.5. The highest BCUT2D eigenvalue weighted by molar-refractivity contribution is 6.04. The Kier molecular flexibility index (Phi) is 5.76. The lowest BCUT2D eigenvalue weighted by molar-refractivity contribution is -0.145. The molecule has 1 amide bonds. The number of nitrogens with one attached hydrogen (secondary N) is 1. The van der Waals surface area contributed by atoms with Crippen LogP contribution in [0.3, 0.4) is 0 Å². The molecule has 0 aliphatic carbocycles. The summed E-state index contributed by atoms with van der Waals surface area (Å²) in [6, 6.07) is 15.2. The van der Waals surface area contributed by atoms with Crippen LogP contribution in [0.1, 0.15) is 34.1 Å². The van der Waals surface area contributed by atoms with Gasteiger partial charge < -0.3 is 19.7 Å². The molecule has 1 atom stereocenters. The number of amides is 1. The molecule has 0 bridgehead atoms. The number of ether oxygens (including phenoxy) is 2. The molecule has 37 heavy (non-hydrogen) atoms. The number of aromatic nitrogens is 1. The van der Waals surface area contributed by atoms with Crippen molar-refractivity contribution in [3.05, 3.63) is 77.1 Å². The van der Waals surface area contributed by atoms with Crippen molar-refractivity contribution in [3.8, 4) is 11.1 Å². The summed E-state index contributed by atoms with van der Waals surface area (Å²) in [5.74, 6) is -3.58. The Morgan fingerprint density at radius 1 is 1.14 bits per heavy atom. The van der Waals surface area contributed by atoms with Gasteiger partial charge in [0, 0.05) is 42.0 Å². The van der Waals surface area contributed by atoms with Gasteiger partial charge in [-0.25, -0.2) is 0 Å². The van der Waals surface area contributed by atoms with E-state index >= 15 is 0 Å². The van der Waals surface area contributed by atoms with E-state index in [4.69, 9.17) is 9.47 Å². The van der Waals surface area contributed by atoms with Crippen LogP contribution in [0, 0.1) is 12.3 Å². The molecule has 1 spiro atoms. The van der Waals surface area contributed by atoms with Gasteiger partial charge in [0.05, 0.1) is 32.5 Å². The molecule has 3 aromatic rings. The Morgan fingerprint density at radius 3 is 2.73 bits per heavy atom. The Balaban J connectivity index is 1.29. The molecule has 3 aliphatic heterocycles. The Bertz CT molecular complexity index is 1370. The number of pyridine rings is 1. The van der Waals surface area contributed by atoms with Crippen LogP contribution in [-0.2, 0) is 21.8 Å². The number of carbonyl (C=O) groups is 1. The molecule has 8 heteroatoms. The van der Waals surface area contributed by atoms with Crippen LogP contribution in [0.15, 0.2) is 54.7 Å². The third kappa shape index (κ3) is 4.28. The van der Waals surface area contributed by atoms with Gasteiger partial charge in [0.25, 0.3) is 11.8 Å². The van der Waals surface area contributed by atoms with Crippen molar-refractivity contribution in [2.75, 3.05) is 43.2 Å². The van der Waals surface area contributed by atoms with E-state index in [1.165, 1.54) is 23.5 Å². The van der Waals surface area contributed by atoms with E-state index in [0.717, 1.165) is 55.9 Å². The smallest absolute Gasteiger partial charge is 0.286 e. The number of rotatable bonds is 4. The fourth-order valence-corrected chi connectivity index (χ4v) is 5.73. The third-order valence-electron chi connectivity index (χ3n) is 7.83. The lowest BCUT2D eigenvalue weighted by Gasteiger charge is -2.56. The number of carbonyl (C=O) groups excluding carboxylic acids is 1. The van der Waals surface area contributed by atoms with Crippen molar-refractivity contribution in [1.29, 1.82) is 0 Å². The molecule has 2 saturated heterocycles. The maximum Gasteiger partial charge on any atom is 0.286 e. The first-order chi connectivity index (χ1) is 17.7. The zero-order chi connectivity index (χ0) is 25.8. The molecule has 3 aliphatic rings. The van der Waals surface area contributed by atoms with Crippen LogP contribution in [0.2, 0.25) is 0 Å². The summed E-state index contributed by atoms with van der Waals surface area (Å²) in [6.45, 7) is 6.62. The molecule has 192 valence electrons. The number of hydrogen-bond donors (Lipinski definition) is 1. The molecule has 1 N–H and O–H groups in total. The molecule has 0 unspecified atom stereocenters. The van der Waals surface area contributed by atoms with Gasteiger partial charge in [-0.1, -0.05) is 18.2 Å². The fourth-order valence-electron chi connectivity index (χ4n) is 5.73. The van der Waals surface area contributed by atoms with E-state index in [-0.39, 0.29) is 11.0 Å². The van der Waals surface area contributed by atoms with Crippen LogP contribution >= 0.6 is 0 Å². The molecule has 6 rings (SSSR count). The lowest BCUT2D eigenvalue weighted by atomic mass is 9.69. The van der Waals surface area contributed by atoms with Crippen molar-refractivity contribution in [1.82, 2.24) is 4.98 Å². The van der Waals surface area contributed by atoms with Crippen LogP contribution in [0.5, 0.6) is 0 Å². The first-order valence-corrected chi connectivity index (χ1v) is 12.6. The van der Waals surface area contributed by atoms with E-state index < -0.39 is 17.5 Å². The van der Waals surface area contributed by atoms with E-state index in [2.05, 4.69) is 33.4 Å². The molecule has 4 heterocycles. The van der Waals surface area contributed by atoms with Gasteiger partial charge in [-0.2, -0.15) is 8.78 Å². The van der Waals surface area contributed by atoms with Gasteiger partial charge in [0.15, 0.2) is 0 Å². The molecule has 1 aromatic heterocycles. The van der Waals surface area contributed by atoms with Gasteiger partial charge in [0.1, 0.15) is 5.69 Å². The zero-order valence-electron chi connectivity index (χ0n) is 20.9. The predicted octanol–water partition coefficient (Wildman–Crippen LogP) is 5.20. The maximum absolute atomic E-state index is 13.7. The Labute approximate surface area is 214 Å². The van der Waals surface area contributed by atoms with Crippen LogP contribution in [0.4, 0.5) is 20.2 Å². The quantitative estimate of drug-likeness (QED) is 0.528. The highest BCUT2D eigenvalue weighted by Crippen LogP contribution is 2.47. The average Bonchev–Trinajstić information content (AvgIpc) is 2.87. The van der Waals surface area contributed by atoms with Gasteiger partial charge >= 0.3 is 0 Å². The predicted molar refractivity (Wildman–Crippen MR) is 137 cm³/mol. The van der Waals surface area contributed by atoms with E-state index in [1.54, 1.807) is 0 Å². The van der Waals surface area contributed by atoms with E-state index in [1.807, 2.05) is 25.1 Å². The van der Waals surface area contributed by atoms with Gasteiger partial charge in [0.2, 0.25) is 0 Å². The minimum atomic E-state index is -3.12. The number of aryl methyl sites for hydroxylation is 1. The maximum atomic E-state index is 13.7. The first kappa shape index (κ1) is 24.0. The number of halogens is 2. The zero-order valence-corrected chi connectivity index (χ0v) is 20.9. The average molecular weight is 506 g/mol. The Hall–Kier alpha value is -3.36. The number of anilines is 2. The topological polar surface area (TPSA) is 63.7 Å². The summed E-state index contributed by atoms with van der Waals surface area (Å²) < 4.78 is 38.9. The molecule has 2 aromatic carbocycles. The highest BCUT2D eigenvalue weighted by Gasteiger charge is 2.52. The lowest BCUT2D eigenvalue weighted by Crippen LogP contribution is -2.65. The highest BCUT2D eigenvalue weighted by atomic mass is 19.3. The summed E-state index contributed by atoms with van der Waals surface area (Å²) in [5.41, 5.74) is 6.14. The summed E-state index contributed by atoms with van der Waals surface area (Å²) in [7, 11) is 0. The van der Waals surface area contributed by atoms with Crippen LogP contribution in [-0.4, -0.2) is 49.9 Å². The number of benzene rings is 2. The number of hydrogen-bond acceptors (Lipinski definition) is 5. The summed E-state index contributed by atoms with van der Waals surface area (Å²) in [6.07, 6.45) is 2.21. The molecule has 0 saturated carbocycles. The first-order valence-electron chi connectivity index (χ1n) is 12.6.